The lowest BCUT2D eigenvalue weighted by molar-refractivity contribution is 0.294. The molecule has 0 aliphatic rings. The highest BCUT2D eigenvalue weighted by molar-refractivity contribution is 7.89. The predicted octanol–water partition coefficient (Wildman–Crippen LogP) is -0.383. The van der Waals surface area contributed by atoms with Crippen LogP contribution < -0.4 is 15.7 Å². The first kappa shape index (κ1) is 12.9. The lowest BCUT2D eigenvalue weighted by atomic mass is 10.3. The van der Waals surface area contributed by atoms with Crippen LogP contribution in [0.25, 0.3) is 0 Å². The molecular weight excluding hydrogens is 234 g/mol. The second-order valence-corrected chi connectivity index (χ2v) is 4.66. The highest BCUT2D eigenvalue weighted by atomic mass is 32.2. The molecule has 1 aromatic carbocycles. The third kappa shape index (κ3) is 2.90. The number of benzene rings is 1. The number of rotatable bonds is 5. The van der Waals surface area contributed by atoms with E-state index in [0.717, 1.165) is 0 Å². The third-order valence-electron chi connectivity index (χ3n) is 1.80. The Bertz CT molecular complexity index is 446. The number of nitrogens with one attached hydrogen (secondary N) is 1. The molecular formula is C8H12N3O4S-. The van der Waals surface area contributed by atoms with Crippen molar-refractivity contribution < 1.29 is 13.6 Å². The van der Waals surface area contributed by atoms with Crippen LogP contribution in [0.5, 0.6) is 0 Å². The van der Waals surface area contributed by atoms with Gasteiger partial charge in [0.2, 0.25) is 10.0 Å². The highest BCUT2D eigenvalue weighted by Gasteiger charge is 2.17. The molecule has 0 radical (unpaired) electrons. The fourth-order valence-corrected chi connectivity index (χ4v) is 2.33. The van der Waals surface area contributed by atoms with Crippen molar-refractivity contribution in [3.63, 3.8) is 0 Å². The molecule has 0 unspecified atom stereocenters. The number of anilines is 1. The average molecular weight is 246 g/mol. The Balaban J connectivity index is 3.12. The molecule has 0 atom stereocenters. The van der Waals surface area contributed by atoms with Gasteiger partial charge in [0, 0.05) is 13.1 Å². The van der Waals surface area contributed by atoms with Gasteiger partial charge in [0.15, 0.2) is 0 Å². The molecule has 8 heteroatoms. The number of sulfonamides is 1. The van der Waals surface area contributed by atoms with E-state index in [1.54, 1.807) is 0 Å². The lowest BCUT2D eigenvalue weighted by Gasteiger charge is -2.24. The van der Waals surface area contributed by atoms with E-state index in [0.29, 0.717) is 0 Å². The zero-order chi connectivity index (χ0) is 12.2. The summed E-state index contributed by atoms with van der Waals surface area (Å²) >= 11 is 0. The largest absolute Gasteiger partial charge is 0.733 e. The summed E-state index contributed by atoms with van der Waals surface area (Å²) in [7, 11) is -3.83. The van der Waals surface area contributed by atoms with Gasteiger partial charge in [-0.25, -0.2) is 13.1 Å². The first-order valence-electron chi connectivity index (χ1n) is 4.44. The lowest BCUT2D eigenvalue weighted by Crippen LogP contribution is -2.30. The molecule has 1 aromatic rings. The van der Waals surface area contributed by atoms with E-state index in [2.05, 4.69) is 4.72 Å². The topological polar surface area (TPSA) is 119 Å². The van der Waals surface area contributed by atoms with E-state index in [-0.39, 0.29) is 23.7 Å². The smallest absolute Gasteiger partial charge is 0.242 e. The standard InChI is InChI=1S/C8H12N3O4S/c9-5-6-10-16(14,15)8-4-2-1-3-7(8)11(12)13/h1-4,10,12H,5-6,9H2/q-1. The van der Waals surface area contributed by atoms with Gasteiger partial charge in [-0.2, -0.15) is 0 Å². The average Bonchev–Trinajstić information content (AvgIpc) is 2.26. The minimum Gasteiger partial charge on any atom is -0.733 e. The van der Waals surface area contributed by atoms with Crippen molar-refractivity contribution in [1.29, 1.82) is 0 Å². The second-order valence-electron chi connectivity index (χ2n) is 2.93. The van der Waals surface area contributed by atoms with Crippen molar-refractivity contribution in [1.82, 2.24) is 4.72 Å². The van der Waals surface area contributed by atoms with Crippen LogP contribution in [0.2, 0.25) is 0 Å². The van der Waals surface area contributed by atoms with E-state index >= 15 is 0 Å². The van der Waals surface area contributed by atoms with Crippen LogP contribution in [0.3, 0.4) is 0 Å². The summed E-state index contributed by atoms with van der Waals surface area (Å²) in [5.41, 5.74) is 4.82. The van der Waals surface area contributed by atoms with Gasteiger partial charge in [-0.05, 0) is 12.1 Å². The Morgan fingerprint density at radius 2 is 2.06 bits per heavy atom. The predicted molar refractivity (Wildman–Crippen MR) is 58.3 cm³/mol. The number of nitrogens with two attached hydrogens (primary N) is 1. The monoisotopic (exact) mass is 246 g/mol. The Morgan fingerprint density at radius 1 is 1.44 bits per heavy atom. The molecule has 1 rings (SSSR count). The van der Waals surface area contributed by atoms with Crippen LogP contribution in [-0.2, 0) is 10.0 Å². The fraction of sp³-hybridized carbons (Fsp3) is 0.250. The van der Waals surface area contributed by atoms with Crippen molar-refractivity contribution >= 4 is 15.7 Å². The molecule has 90 valence electrons. The molecule has 0 heterocycles. The van der Waals surface area contributed by atoms with E-state index in [1.165, 1.54) is 24.3 Å². The minimum absolute atomic E-state index is 0.0565. The molecule has 0 aromatic heterocycles. The highest BCUT2D eigenvalue weighted by Crippen LogP contribution is 2.22. The van der Waals surface area contributed by atoms with Crippen LogP contribution >= 0.6 is 0 Å². The van der Waals surface area contributed by atoms with Crippen molar-refractivity contribution in [2.75, 3.05) is 18.3 Å². The molecule has 0 amide bonds. The fourth-order valence-electron chi connectivity index (χ4n) is 1.11. The Morgan fingerprint density at radius 3 is 2.62 bits per heavy atom. The van der Waals surface area contributed by atoms with Crippen LogP contribution in [0.1, 0.15) is 0 Å². The Labute approximate surface area is 93.1 Å². The van der Waals surface area contributed by atoms with Crippen molar-refractivity contribution in [3.8, 4) is 0 Å². The van der Waals surface area contributed by atoms with E-state index < -0.39 is 15.2 Å². The molecule has 0 spiro atoms. The number of nitrogens with zero attached hydrogens (tertiary/aromatic N) is 1. The van der Waals surface area contributed by atoms with Crippen molar-refractivity contribution in [2.45, 2.75) is 4.90 Å². The summed E-state index contributed by atoms with van der Waals surface area (Å²) in [5.74, 6) is 0. The quantitative estimate of drug-likeness (QED) is 0.609. The molecule has 0 aliphatic heterocycles. The van der Waals surface area contributed by atoms with Crippen LogP contribution in [0.15, 0.2) is 29.2 Å². The summed E-state index contributed by atoms with van der Waals surface area (Å²) in [6, 6.07) is 5.31. The van der Waals surface area contributed by atoms with Crippen molar-refractivity contribution in [3.05, 3.63) is 29.5 Å². The summed E-state index contributed by atoms with van der Waals surface area (Å²) in [6.07, 6.45) is 0. The van der Waals surface area contributed by atoms with Gasteiger partial charge in [0.25, 0.3) is 0 Å². The zero-order valence-corrected chi connectivity index (χ0v) is 9.14. The van der Waals surface area contributed by atoms with Crippen LogP contribution in [-0.4, -0.2) is 26.7 Å². The summed E-state index contributed by atoms with van der Waals surface area (Å²) in [4.78, 5) is -0.291. The normalized spacial score (nSPS) is 11.4. The molecule has 0 saturated heterocycles. The first-order chi connectivity index (χ1) is 7.49. The summed E-state index contributed by atoms with van der Waals surface area (Å²) in [6.45, 7) is 0.197. The van der Waals surface area contributed by atoms with Crippen LogP contribution in [0.4, 0.5) is 5.69 Å². The molecule has 0 aliphatic carbocycles. The maximum atomic E-state index is 11.7. The van der Waals surface area contributed by atoms with Gasteiger partial charge in [-0.3, -0.25) is 5.21 Å². The summed E-state index contributed by atoms with van der Waals surface area (Å²) in [5, 5.41) is 19.0. The van der Waals surface area contributed by atoms with E-state index in [4.69, 9.17) is 10.9 Å². The van der Waals surface area contributed by atoms with Gasteiger partial charge in [0.05, 0.1) is 5.69 Å². The Hall–Kier alpha value is -1.19. The van der Waals surface area contributed by atoms with Gasteiger partial charge in [-0.1, -0.05) is 12.1 Å². The SMILES string of the molecule is NCCNS(=O)(=O)c1ccccc1N([O-])O. The zero-order valence-electron chi connectivity index (χ0n) is 8.33. The van der Waals surface area contributed by atoms with Gasteiger partial charge in [0.1, 0.15) is 4.90 Å². The van der Waals surface area contributed by atoms with E-state index in [1.807, 2.05) is 0 Å². The molecule has 4 N–H and O–H groups in total. The maximum Gasteiger partial charge on any atom is 0.242 e. The molecule has 16 heavy (non-hydrogen) atoms. The molecule has 7 nitrogen and oxygen atoms in total. The first-order valence-corrected chi connectivity index (χ1v) is 5.92. The van der Waals surface area contributed by atoms with Gasteiger partial charge >= 0.3 is 0 Å². The molecule has 0 fully saturated rings. The second kappa shape index (κ2) is 5.23. The Kier molecular flexibility index (Phi) is 4.21. The number of hydrogen-bond donors (Lipinski definition) is 3. The van der Waals surface area contributed by atoms with Gasteiger partial charge < -0.3 is 16.2 Å². The van der Waals surface area contributed by atoms with Gasteiger partial charge in [-0.15, -0.1) is 0 Å². The maximum absolute atomic E-state index is 11.7. The number of para-hydroxylation sites is 1. The minimum atomic E-state index is -3.83. The van der Waals surface area contributed by atoms with Crippen LogP contribution in [0, 0.1) is 5.21 Å². The van der Waals surface area contributed by atoms with Crippen molar-refractivity contribution in [2.24, 2.45) is 5.73 Å². The van der Waals surface area contributed by atoms with E-state index in [9.17, 15) is 13.6 Å². The third-order valence-corrected chi connectivity index (χ3v) is 3.31. The molecule has 0 bridgehead atoms. The number of hydrogen-bond acceptors (Lipinski definition) is 6. The summed E-state index contributed by atoms with van der Waals surface area (Å²) < 4.78 is 25.5. The molecule has 0 saturated carbocycles.